The van der Waals surface area contributed by atoms with Gasteiger partial charge in [-0.05, 0) is 59.0 Å². The van der Waals surface area contributed by atoms with Crippen LogP contribution in [-0.2, 0) is 4.79 Å². The lowest BCUT2D eigenvalue weighted by Gasteiger charge is -2.42. The number of nitrogens with one attached hydrogen (secondary N) is 2. The highest BCUT2D eigenvalue weighted by molar-refractivity contribution is 7.08. The van der Waals surface area contributed by atoms with E-state index in [-0.39, 0.29) is 45.5 Å². The first-order valence-corrected chi connectivity index (χ1v) is 13.8. The van der Waals surface area contributed by atoms with E-state index in [1.807, 2.05) is 35.2 Å². The normalized spacial score (nSPS) is 28.1. The number of amides is 2. The van der Waals surface area contributed by atoms with Gasteiger partial charge in [-0.3, -0.25) is 9.59 Å². The maximum Gasteiger partial charge on any atom is 0.251 e. The van der Waals surface area contributed by atoms with E-state index in [9.17, 15) is 18.4 Å². The van der Waals surface area contributed by atoms with E-state index in [2.05, 4.69) is 27.5 Å². The number of fused-ring (bicyclic) bond motifs is 3. The smallest absolute Gasteiger partial charge is 0.251 e. The van der Waals surface area contributed by atoms with Crippen molar-refractivity contribution in [3.63, 3.8) is 0 Å². The number of carbonyl (C=O) groups excluding carboxylic acids is 2. The van der Waals surface area contributed by atoms with E-state index in [4.69, 9.17) is 0 Å². The fourth-order valence-electron chi connectivity index (χ4n) is 6.37. The Morgan fingerprint density at radius 1 is 1.05 bits per heavy atom. The lowest BCUT2D eigenvalue weighted by atomic mass is 9.79. The Morgan fingerprint density at radius 3 is 2.62 bits per heavy atom. The van der Waals surface area contributed by atoms with Crippen molar-refractivity contribution in [1.82, 2.24) is 10.2 Å². The van der Waals surface area contributed by atoms with Crippen LogP contribution in [0.2, 0.25) is 0 Å². The highest BCUT2D eigenvalue weighted by atomic mass is 32.1. The number of benzene rings is 2. The maximum absolute atomic E-state index is 14.7. The molecule has 0 radical (unpaired) electrons. The van der Waals surface area contributed by atoms with Gasteiger partial charge in [-0.15, -0.1) is 0 Å². The lowest BCUT2D eigenvalue weighted by molar-refractivity contribution is -0.146. The molecule has 1 aliphatic carbocycles. The minimum Gasteiger partial charge on any atom is -0.378 e. The van der Waals surface area contributed by atoms with Gasteiger partial charge in [-0.2, -0.15) is 11.3 Å². The van der Waals surface area contributed by atoms with Crippen LogP contribution < -0.4 is 10.6 Å². The number of nitrogens with zero attached hydrogens (tertiary/aromatic N) is 1. The van der Waals surface area contributed by atoms with Gasteiger partial charge in [-0.25, -0.2) is 8.78 Å². The van der Waals surface area contributed by atoms with Crippen molar-refractivity contribution in [2.75, 3.05) is 11.9 Å². The molecule has 0 spiro atoms. The average molecular weight is 526 g/mol. The van der Waals surface area contributed by atoms with Crippen molar-refractivity contribution < 1.29 is 21.2 Å². The molecule has 37 heavy (non-hydrogen) atoms. The second-order valence-corrected chi connectivity index (χ2v) is 11.1. The summed E-state index contributed by atoms with van der Waals surface area (Å²) in [5, 5.41) is 10.8. The molecule has 6 rings (SSSR count). The fourth-order valence-corrected chi connectivity index (χ4v) is 7.07. The molecule has 1 saturated heterocycles. The molecule has 2 amide bonds. The van der Waals surface area contributed by atoms with Crippen LogP contribution in [0.4, 0.5) is 14.5 Å². The minimum atomic E-state index is -2.93. The molecule has 3 aromatic rings. The van der Waals surface area contributed by atoms with E-state index >= 15 is 0 Å². The zero-order valence-electron chi connectivity index (χ0n) is 20.3. The van der Waals surface area contributed by atoms with Gasteiger partial charge < -0.3 is 15.5 Å². The van der Waals surface area contributed by atoms with Gasteiger partial charge in [0.2, 0.25) is 11.8 Å². The monoisotopic (exact) mass is 525 g/mol. The summed E-state index contributed by atoms with van der Waals surface area (Å²) in [6.07, 6.45) is -0.0368. The largest absolute Gasteiger partial charge is 0.378 e. The second kappa shape index (κ2) is 9.56. The number of carbonyl (C=O) groups is 2. The van der Waals surface area contributed by atoms with Crippen LogP contribution in [0.5, 0.6) is 0 Å². The number of rotatable bonds is 4. The van der Waals surface area contributed by atoms with Gasteiger partial charge in [0, 0.05) is 45.5 Å². The molecule has 3 heterocycles. The summed E-state index contributed by atoms with van der Waals surface area (Å²) >= 11 is 1.64. The molecule has 1 saturated carbocycles. The molecule has 1 aromatic heterocycles. The van der Waals surface area contributed by atoms with Gasteiger partial charge in [0.1, 0.15) is 0 Å². The molecule has 2 fully saturated rings. The predicted octanol–water partition coefficient (Wildman–Crippen LogP) is 6.53. The Morgan fingerprint density at radius 2 is 1.84 bits per heavy atom. The van der Waals surface area contributed by atoms with Crippen LogP contribution in [0, 0.1) is 11.8 Å². The molecule has 0 unspecified atom stereocenters. The van der Waals surface area contributed by atoms with Crippen LogP contribution in [0.3, 0.4) is 0 Å². The Balaban J connectivity index is 0.00000176. The standard InChI is InChI=1S/C29H29F2N3O2S.2H2/c30-29(31)13-10-24(33-27(35)18-6-2-1-3-7-18)22(16-29)28(36)34-14-11-21-25(19-12-15-37-17-19)32-23-9-5-4-8-20(23)26(21)34;;/h1-9,12,15,17,21-22,24-26,32H,10-11,13-14,16H2,(H,33,35);2*1H/t21-,22+,24-,25+,26+;;/m1../s1. The van der Waals surface area contributed by atoms with Gasteiger partial charge in [0.15, 0.2) is 0 Å². The summed E-state index contributed by atoms with van der Waals surface area (Å²) in [7, 11) is 0. The lowest BCUT2D eigenvalue weighted by Crippen LogP contribution is -2.53. The number of likely N-dealkylation sites (tertiary alicyclic amines) is 1. The maximum atomic E-state index is 14.7. The van der Waals surface area contributed by atoms with Gasteiger partial charge in [0.25, 0.3) is 5.91 Å². The third-order valence-electron chi connectivity index (χ3n) is 8.14. The first-order valence-electron chi connectivity index (χ1n) is 12.8. The molecule has 2 aromatic carbocycles. The topological polar surface area (TPSA) is 61.4 Å². The summed E-state index contributed by atoms with van der Waals surface area (Å²) in [6, 6.07) is 18.0. The zero-order chi connectivity index (χ0) is 25.6. The number of thiophene rings is 1. The van der Waals surface area contributed by atoms with E-state index in [1.54, 1.807) is 35.6 Å². The van der Waals surface area contributed by atoms with Crippen molar-refractivity contribution in [2.45, 2.75) is 49.7 Å². The van der Waals surface area contributed by atoms with Crippen LogP contribution >= 0.6 is 11.3 Å². The van der Waals surface area contributed by atoms with Crippen LogP contribution in [0.25, 0.3) is 0 Å². The molecule has 3 aliphatic rings. The van der Waals surface area contributed by atoms with Gasteiger partial charge in [-0.1, -0.05) is 36.4 Å². The van der Waals surface area contributed by atoms with Crippen molar-refractivity contribution in [3.05, 3.63) is 88.1 Å². The summed E-state index contributed by atoms with van der Waals surface area (Å²) in [6.45, 7) is 0.506. The molecule has 196 valence electrons. The summed E-state index contributed by atoms with van der Waals surface area (Å²) < 4.78 is 29.3. The van der Waals surface area contributed by atoms with Crippen LogP contribution in [0.15, 0.2) is 71.4 Å². The number of anilines is 1. The molecular formula is C29H33F2N3O2S. The van der Waals surface area contributed by atoms with Crippen molar-refractivity contribution in [1.29, 1.82) is 0 Å². The molecule has 2 aliphatic heterocycles. The first-order chi connectivity index (χ1) is 17.9. The number of alkyl halides is 2. The molecule has 0 bridgehead atoms. The third-order valence-corrected chi connectivity index (χ3v) is 8.85. The van der Waals surface area contributed by atoms with E-state index in [0.29, 0.717) is 12.1 Å². The number of halogens is 2. The highest BCUT2D eigenvalue weighted by Gasteiger charge is 2.51. The number of hydrogen-bond acceptors (Lipinski definition) is 4. The minimum absolute atomic E-state index is 0. The van der Waals surface area contributed by atoms with Crippen molar-refractivity contribution in [3.8, 4) is 0 Å². The summed E-state index contributed by atoms with van der Waals surface area (Å²) in [5.74, 6) is -4.39. The Labute approximate surface area is 221 Å². The predicted molar refractivity (Wildman–Crippen MR) is 144 cm³/mol. The van der Waals surface area contributed by atoms with Crippen LogP contribution in [0.1, 0.15) is 62.1 Å². The number of hydrogen-bond donors (Lipinski definition) is 2. The Hall–Kier alpha value is -3.26. The second-order valence-electron chi connectivity index (χ2n) is 10.3. The van der Waals surface area contributed by atoms with E-state index < -0.39 is 24.3 Å². The first kappa shape index (κ1) is 24.1. The quantitative estimate of drug-likeness (QED) is 0.407. The molecule has 5 atom stereocenters. The summed E-state index contributed by atoms with van der Waals surface area (Å²) in [4.78, 5) is 28.8. The van der Waals surface area contributed by atoms with E-state index in [0.717, 1.165) is 17.7 Å². The molecule has 8 heteroatoms. The van der Waals surface area contributed by atoms with Crippen molar-refractivity contribution >= 4 is 28.8 Å². The third kappa shape index (κ3) is 4.52. The van der Waals surface area contributed by atoms with E-state index in [1.165, 1.54) is 5.56 Å². The average Bonchev–Trinajstić information content (AvgIpc) is 3.60. The van der Waals surface area contributed by atoms with Crippen molar-refractivity contribution in [2.24, 2.45) is 11.8 Å². The number of para-hydroxylation sites is 1. The SMILES string of the molecule is O=C(N[C@@H]1CCC(F)(F)C[C@@H]1C(=O)N1CC[C@@H]2[C@H](c3ccsc3)Nc3ccccc3[C@@H]21)c1ccccc1.[HH].[HH]. The summed E-state index contributed by atoms with van der Waals surface area (Å²) in [5.41, 5.74) is 3.64. The van der Waals surface area contributed by atoms with Crippen LogP contribution in [-0.4, -0.2) is 35.2 Å². The molecular weight excluding hydrogens is 492 g/mol. The Kier molecular flexibility index (Phi) is 6.23. The van der Waals surface area contributed by atoms with Gasteiger partial charge in [0.05, 0.1) is 18.0 Å². The highest BCUT2D eigenvalue weighted by Crippen LogP contribution is 2.52. The Bertz CT molecular complexity index is 1290. The van der Waals surface area contributed by atoms with Gasteiger partial charge >= 0.3 is 0 Å². The molecule has 5 nitrogen and oxygen atoms in total. The fraction of sp³-hybridized carbons (Fsp3) is 0.379. The molecule has 2 N–H and O–H groups in total. The zero-order valence-corrected chi connectivity index (χ0v) is 21.1.